The van der Waals surface area contributed by atoms with E-state index in [2.05, 4.69) is 130 Å². The maximum atomic E-state index is 2.51. The SMILES string of the molecule is CC(C)[n+]1ccn(-c2ccc3c(c2)N2Cc4ccc(-n5cc[n+](C(C)C)c5)cc4N(C3)C2)c1. The van der Waals surface area contributed by atoms with Crippen molar-refractivity contribution in [1.82, 2.24) is 9.13 Å². The van der Waals surface area contributed by atoms with Gasteiger partial charge in [-0.1, -0.05) is 12.1 Å². The summed E-state index contributed by atoms with van der Waals surface area (Å²) in [7, 11) is 0. The van der Waals surface area contributed by atoms with Gasteiger partial charge in [0.15, 0.2) is 0 Å². The predicted octanol–water partition coefficient (Wildman–Crippen LogP) is 4.30. The summed E-state index contributed by atoms with van der Waals surface area (Å²) in [5, 5.41) is 0. The van der Waals surface area contributed by atoms with Gasteiger partial charge in [-0.2, -0.15) is 0 Å². The number of hydrogen-bond acceptors (Lipinski definition) is 2. The lowest BCUT2D eigenvalue weighted by Gasteiger charge is -2.44. The Morgan fingerprint density at radius 3 is 1.52 bits per heavy atom. The molecule has 0 fully saturated rings. The molecular formula is C27H32N6+2. The Morgan fingerprint density at radius 2 is 1.12 bits per heavy atom. The van der Waals surface area contributed by atoms with Gasteiger partial charge in [-0.05, 0) is 51.0 Å². The van der Waals surface area contributed by atoms with Crippen LogP contribution in [0, 0.1) is 0 Å². The molecule has 2 aliphatic rings. The Balaban J connectivity index is 1.31. The molecule has 0 aliphatic carbocycles. The van der Waals surface area contributed by atoms with Crippen LogP contribution in [0.2, 0.25) is 0 Å². The Morgan fingerprint density at radius 1 is 0.667 bits per heavy atom. The van der Waals surface area contributed by atoms with Gasteiger partial charge < -0.3 is 9.80 Å². The van der Waals surface area contributed by atoms with Gasteiger partial charge in [0.1, 0.15) is 36.2 Å². The van der Waals surface area contributed by atoms with E-state index in [4.69, 9.17) is 0 Å². The first-order valence-corrected chi connectivity index (χ1v) is 11.9. The lowest BCUT2D eigenvalue weighted by atomic mass is 10.0. The van der Waals surface area contributed by atoms with Gasteiger partial charge in [0.05, 0.1) is 18.8 Å². The first kappa shape index (κ1) is 20.1. The van der Waals surface area contributed by atoms with Gasteiger partial charge in [-0.3, -0.25) is 0 Å². The van der Waals surface area contributed by atoms with Crippen molar-refractivity contribution in [1.29, 1.82) is 0 Å². The average molecular weight is 441 g/mol. The van der Waals surface area contributed by atoms with Gasteiger partial charge in [0, 0.05) is 36.6 Å². The standard InChI is InChI=1S/C27H32N6/c1-20(2)28-9-11-30(17-28)24-7-5-22-15-33-19-32(26(22)13-24)16-23-6-8-25(14-27(23)33)31-12-10-29(18-31)21(3)4/h5-14,17-18,20-21H,15-16,19H2,1-4H3/q+2. The summed E-state index contributed by atoms with van der Waals surface area (Å²) in [5.74, 6) is 0. The maximum Gasteiger partial charge on any atom is 0.249 e. The smallest absolute Gasteiger partial charge is 0.249 e. The van der Waals surface area contributed by atoms with Crippen LogP contribution in [0.3, 0.4) is 0 Å². The van der Waals surface area contributed by atoms with E-state index in [0.29, 0.717) is 12.1 Å². The molecule has 0 spiro atoms. The molecule has 6 rings (SSSR count). The van der Waals surface area contributed by atoms with Crippen LogP contribution in [0.5, 0.6) is 0 Å². The zero-order valence-corrected chi connectivity index (χ0v) is 19.9. The van der Waals surface area contributed by atoms with E-state index in [-0.39, 0.29) is 0 Å². The van der Waals surface area contributed by atoms with E-state index >= 15 is 0 Å². The highest BCUT2D eigenvalue weighted by atomic mass is 15.4. The van der Waals surface area contributed by atoms with Crippen molar-refractivity contribution in [2.75, 3.05) is 16.5 Å². The topological polar surface area (TPSA) is 24.1 Å². The quantitative estimate of drug-likeness (QED) is 0.442. The second kappa shape index (κ2) is 7.51. The molecule has 0 atom stereocenters. The average Bonchev–Trinajstić information content (AvgIpc) is 3.49. The van der Waals surface area contributed by atoms with Crippen molar-refractivity contribution in [3.05, 3.63) is 85.0 Å². The van der Waals surface area contributed by atoms with Crippen LogP contribution >= 0.6 is 0 Å². The van der Waals surface area contributed by atoms with E-state index in [1.54, 1.807) is 0 Å². The number of imidazole rings is 2. The molecule has 6 heteroatoms. The van der Waals surface area contributed by atoms with Crippen LogP contribution in [0.4, 0.5) is 11.4 Å². The zero-order valence-electron chi connectivity index (χ0n) is 19.9. The Hall–Kier alpha value is -3.54. The van der Waals surface area contributed by atoms with Crippen molar-refractivity contribution in [2.24, 2.45) is 0 Å². The van der Waals surface area contributed by atoms with Gasteiger partial charge in [-0.25, -0.2) is 18.3 Å². The molecule has 4 aromatic rings. The summed E-state index contributed by atoms with van der Waals surface area (Å²) >= 11 is 0. The summed E-state index contributed by atoms with van der Waals surface area (Å²) in [4.78, 5) is 5.01. The lowest BCUT2D eigenvalue weighted by Crippen LogP contribution is -2.46. The van der Waals surface area contributed by atoms with E-state index < -0.39 is 0 Å². The molecule has 2 bridgehead atoms. The minimum atomic E-state index is 0.461. The largest absolute Gasteiger partial charge is 0.349 e. The van der Waals surface area contributed by atoms with Crippen LogP contribution in [-0.2, 0) is 13.1 Å². The second-order valence-electron chi connectivity index (χ2n) is 9.89. The summed E-state index contributed by atoms with van der Waals surface area (Å²) in [6.07, 6.45) is 12.9. The summed E-state index contributed by atoms with van der Waals surface area (Å²) in [6.45, 7) is 11.7. The molecule has 6 nitrogen and oxygen atoms in total. The number of hydrogen-bond donors (Lipinski definition) is 0. The van der Waals surface area contributed by atoms with Crippen LogP contribution in [0.15, 0.2) is 73.8 Å². The number of anilines is 2. The fraction of sp³-hybridized carbons (Fsp3) is 0.333. The number of nitrogens with zero attached hydrogens (tertiary/aromatic N) is 6. The fourth-order valence-electron chi connectivity index (χ4n) is 4.98. The first-order valence-electron chi connectivity index (χ1n) is 11.9. The van der Waals surface area contributed by atoms with Gasteiger partial charge >= 0.3 is 0 Å². The summed E-state index contributed by atoms with van der Waals surface area (Å²) in [5.41, 5.74) is 7.92. The van der Waals surface area contributed by atoms with E-state index in [0.717, 1.165) is 19.8 Å². The molecule has 0 radical (unpaired) electrons. The van der Waals surface area contributed by atoms with Crippen molar-refractivity contribution in [3.8, 4) is 11.4 Å². The normalized spacial score (nSPS) is 14.7. The molecule has 0 amide bonds. The third kappa shape index (κ3) is 3.41. The van der Waals surface area contributed by atoms with Crippen LogP contribution in [0.25, 0.3) is 11.4 Å². The van der Waals surface area contributed by atoms with E-state index in [1.807, 2.05) is 0 Å². The third-order valence-electron chi connectivity index (χ3n) is 6.99. The number of fused-ring (bicyclic) bond motifs is 6. The van der Waals surface area contributed by atoms with Gasteiger partial charge in [-0.15, -0.1) is 0 Å². The van der Waals surface area contributed by atoms with Crippen molar-refractivity contribution < 1.29 is 9.13 Å². The number of benzene rings is 2. The Kier molecular flexibility index (Phi) is 4.57. The summed E-state index contributed by atoms with van der Waals surface area (Å²) in [6, 6.07) is 14.7. The van der Waals surface area contributed by atoms with Gasteiger partial charge in [0.25, 0.3) is 0 Å². The van der Waals surface area contributed by atoms with E-state index in [9.17, 15) is 0 Å². The molecule has 33 heavy (non-hydrogen) atoms. The highest BCUT2D eigenvalue weighted by Gasteiger charge is 2.30. The van der Waals surface area contributed by atoms with Crippen LogP contribution in [-0.4, -0.2) is 15.8 Å². The maximum absolute atomic E-state index is 2.51. The second-order valence-corrected chi connectivity index (χ2v) is 9.89. The monoisotopic (exact) mass is 440 g/mol. The van der Waals surface area contributed by atoms with Crippen molar-refractivity contribution >= 4 is 11.4 Å². The minimum Gasteiger partial charge on any atom is -0.349 e. The number of aromatic nitrogens is 4. The molecular weight excluding hydrogens is 408 g/mol. The first-order chi connectivity index (χ1) is 16.0. The minimum absolute atomic E-state index is 0.461. The predicted molar refractivity (Wildman–Crippen MR) is 130 cm³/mol. The Labute approximate surface area is 195 Å². The molecule has 168 valence electrons. The third-order valence-corrected chi connectivity index (χ3v) is 6.99. The van der Waals surface area contributed by atoms with Gasteiger partial charge in [0.2, 0.25) is 12.7 Å². The molecule has 2 aliphatic heterocycles. The summed E-state index contributed by atoms with van der Waals surface area (Å²) < 4.78 is 8.92. The van der Waals surface area contributed by atoms with Crippen LogP contribution < -0.4 is 18.9 Å². The number of rotatable bonds is 4. The van der Waals surface area contributed by atoms with E-state index in [1.165, 1.54) is 33.9 Å². The fourth-order valence-corrected chi connectivity index (χ4v) is 4.98. The molecule has 0 unspecified atom stereocenters. The molecule has 0 saturated heterocycles. The van der Waals surface area contributed by atoms with Crippen molar-refractivity contribution in [2.45, 2.75) is 52.9 Å². The Bertz CT molecular complexity index is 1230. The highest BCUT2D eigenvalue weighted by Crippen LogP contribution is 2.39. The zero-order chi connectivity index (χ0) is 22.7. The molecule has 0 N–H and O–H groups in total. The lowest BCUT2D eigenvalue weighted by molar-refractivity contribution is -0.715. The van der Waals surface area contributed by atoms with Crippen LogP contribution in [0.1, 0.15) is 50.9 Å². The highest BCUT2D eigenvalue weighted by molar-refractivity contribution is 5.70. The van der Waals surface area contributed by atoms with Crippen molar-refractivity contribution in [3.63, 3.8) is 0 Å². The molecule has 2 aromatic heterocycles. The molecule has 0 saturated carbocycles. The molecule has 4 heterocycles. The molecule has 2 aromatic carbocycles.